The molecule has 1 aromatic heterocycles. The maximum atomic E-state index is 13.5. The van der Waals surface area contributed by atoms with Crippen molar-refractivity contribution >= 4 is 10.9 Å². The molecule has 0 atom stereocenters. The Bertz CT molecular complexity index is 749. The molecule has 3 heteroatoms. The second-order valence-corrected chi connectivity index (χ2v) is 5.57. The third kappa shape index (κ3) is 3.20. The number of hydrogen-bond acceptors (Lipinski definition) is 1. The highest BCUT2D eigenvalue weighted by molar-refractivity contribution is 5.84. The molecule has 0 saturated heterocycles. The molecule has 3 rings (SSSR count). The number of hydrogen-bond donors (Lipinski definition) is 1. The predicted octanol–water partition coefficient (Wildman–Crippen LogP) is 3.95. The Morgan fingerprint density at radius 2 is 1.82 bits per heavy atom. The number of halogens is 1. The summed E-state index contributed by atoms with van der Waals surface area (Å²) in [6, 6.07) is 15.3. The molecule has 0 amide bonds. The van der Waals surface area contributed by atoms with E-state index in [0.717, 1.165) is 35.9 Å². The zero-order chi connectivity index (χ0) is 15.4. The number of aliphatic hydroxyl groups is 1. The van der Waals surface area contributed by atoms with Crippen LogP contribution in [0.4, 0.5) is 4.39 Å². The first-order valence-corrected chi connectivity index (χ1v) is 7.70. The lowest BCUT2D eigenvalue weighted by Crippen LogP contribution is -1.99. The van der Waals surface area contributed by atoms with E-state index in [1.807, 2.05) is 24.3 Å². The lowest BCUT2D eigenvalue weighted by Gasteiger charge is -2.05. The number of aliphatic hydroxyl groups excluding tert-OH is 1. The predicted molar refractivity (Wildman–Crippen MR) is 87.4 cm³/mol. The molecule has 2 nitrogen and oxygen atoms in total. The lowest BCUT2D eigenvalue weighted by atomic mass is 10.1. The Labute approximate surface area is 129 Å². The van der Waals surface area contributed by atoms with Gasteiger partial charge in [0, 0.05) is 30.3 Å². The van der Waals surface area contributed by atoms with Crippen LogP contribution in [0, 0.1) is 5.82 Å². The first kappa shape index (κ1) is 14.8. The molecular formula is C19H20FNO. The molecule has 22 heavy (non-hydrogen) atoms. The third-order valence-electron chi connectivity index (χ3n) is 4.01. The topological polar surface area (TPSA) is 25.2 Å². The van der Waals surface area contributed by atoms with Gasteiger partial charge in [0.05, 0.1) is 0 Å². The standard InChI is InChI=1S/C19H20FNO/c20-17-8-9-19-18(13-17)16(7-4-12-22)14-21(19)11-10-15-5-2-1-3-6-15/h1-3,5-6,8-9,13-14,22H,4,7,10-12H2. The van der Waals surface area contributed by atoms with Crippen molar-refractivity contribution in [2.45, 2.75) is 25.8 Å². The monoisotopic (exact) mass is 297 g/mol. The second-order valence-electron chi connectivity index (χ2n) is 5.57. The van der Waals surface area contributed by atoms with Crippen molar-refractivity contribution in [3.8, 4) is 0 Å². The number of aryl methyl sites for hydroxylation is 3. The number of benzene rings is 2. The minimum Gasteiger partial charge on any atom is -0.396 e. The number of fused-ring (bicyclic) bond motifs is 1. The van der Waals surface area contributed by atoms with Gasteiger partial charge in [0.15, 0.2) is 0 Å². The van der Waals surface area contributed by atoms with Crippen LogP contribution in [-0.4, -0.2) is 16.3 Å². The van der Waals surface area contributed by atoms with Gasteiger partial charge in [0.2, 0.25) is 0 Å². The van der Waals surface area contributed by atoms with Gasteiger partial charge in [-0.05, 0) is 48.6 Å². The van der Waals surface area contributed by atoms with Crippen LogP contribution in [0.2, 0.25) is 0 Å². The minimum atomic E-state index is -0.210. The molecule has 1 N–H and O–H groups in total. The molecule has 0 aliphatic heterocycles. The SMILES string of the molecule is OCCCc1cn(CCc2ccccc2)c2ccc(F)cc12. The normalized spacial score (nSPS) is 11.2. The summed E-state index contributed by atoms with van der Waals surface area (Å²) >= 11 is 0. The van der Waals surface area contributed by atoms with Crippen LogP contribution < -0.4 is 0 Å². The van der Waals surface area contributed by atoms with Gasteiger partial charge in [0.1, 0.15) is 5.82 Å². The fourth-order valence-corrected chi connectivity index (χ4v) is 2.89. The van der Waals surface area contributed by atoms with Crippen molar-refractivity contribution in [3.05, 3.63) is 71.7 Å². The van der Waals surface area contributed by atoms with E-state index in [4.69, 9.17) is 5.11 Å². The summed E-state index contributed by atoms with van der Waals surface area (Å²) in [6.45, 7) is 1.03. The van der Waals surface area contributed by atoms with Gasteiger partial charge in [-0.1, -0.05) is 30.3 Å². The van der Waals surface area contributed by atoms with E-state index in [2.05, 4.69) is 22.9 Å². The molecular weight excluding hydrogens is 277 g/mol. The first-order chi connectivity index (χ1) is 10.8. The van der Waals surface area contributed by atoms with E-state index in [0.29, 0.717) is 6.42 Å². The Hall–Kier alpha value is -2.13. The van der Waals surface area contributed by atoms with Gasteiger partial charge in [-0.2, -0.15) is 0 Å². The van der Waals surface area contributed by atoms with Gasteiger partial charge >= 0.3 is 0 Å². The van der Waals surface area contributed by atoms with Gasteiger partial charge in [0.25, 0.3) is 0 Å². The Morgan fingerprint density at radius 3 is 2.59 bits per heavy atom. The highest BCUT2D eigenvalue weighted by Gasteiger charge is 2.09. The number of rotatable bonds is 6. The minimum absolute atomic E-state index is 0.159. The fourth-order valence-electron chi connectivity index (χ4n) is 2.89. The maximum absolute atomic E-state index is 13.5. The summed E-state index contributed by atoms with van der Waals surface area (Å²) in [5.41, 5.74) is 3.46. The summed E-state index contributed by atoms with van der Waals surface area (Å²) < 4.78 is 15.7. The van der Waals surface area contributed by atoms with Crippen LogP contribution >= 0.6 is 0 Å². The molecule has 0 unspecified atom stereocenters. The number of aromatic nitrogens is 1. The van der Waals surface area contributed by atoms with Crippen LogP contribution in [0.5, 0.6) is 0 Å². The number of nitrogens with zero attached hydrogens (tertiary/aromatic N) is 1. The average Bonchev–Trinajstić information content (AvgIpc) is 2.89. The molecule has 3 aromatic rings. The van der Waals surface area contributed by atoms with Crippen LogP contribution in [0.25, 0.3) is 10.9 Å². The second kappa shape index (κ2) is 6.75. The van der Waals surface area contributed by atoms with Crippen molar-refractivity contribution < 1.29 is 9.50 Å². The molecule has 0 radical (unpaired) electrons. The van der Waals surface area contributed by atoms with Crippen molar-refractivity contribution in [3.63, 3.8) is 0 Å². The largest absolute Gasteiger partial charge is 0.396 e. The highest BCUT2D eigenvalue weighted by atomic mass is 19.1. The quantitative estimate of drug-likeness (QED) is 0.732. The van der Waals surface area contributed by atoms with Crippen molar-refractivity contribution in [2.75, 3.05) is 6.61 Å². The summed E-state index contributed by atoms with van der Waals surface area (Å²) in [5, 5.41) is 9.99. The summed E-state index contributed by atoms with van der Waals surface area (Å²) in [6.07, 6.45) is 4.52. The lowest BCUT2D eigenvalue weighted by molar-refractivity contribution is 0.288. The van der Waals surface area contributed by atoms with Gasteiger partial charge in [-0.15, -0.1) is 0 Å². The van der Waals surface area contributed by atoms with Crippen molar-refractivity contribution in [2.24, 2.45) is 0 Å². The average molecular weight is 297 g/mol. The zero-order valence-electron chi connectivity index (χ0n) is 12.5. The molecule has 0 aliphatic carbocycles. The molecule has 1 heterocycles. The van der Waals surface area contributed by atoms with Gasteiger partial charge < -0.3 is 9.67 Å². The summed E-state index contributed by atoms with van der Waals surface area (Å²) in [7, 11) is 0. The first-order valence-electron chi connectivity index (χ1n) is 7.70. The fraction of sp³-hybridized carbons (Fsp3) is 0.263. The van der Waals surface area contributed by atoms with Crippen LogP contribution in [0.3, 0.4) is 0 Å². The van der Waals surface area contributed by atoms with E-state index in [-0.39, 0.29) is 12.4 Å². The third-order valence-corrected chi connectivity index (χ3v) is 4.01. The smallest absolute Gasteiger partial charge is 0.123 e. The molecule has 0 bridgehead atoms. The van der Waals surface area contributed by atoms with E-state index in [9.17, 15) is 4.39 Å². The van der Waals surface area contributed by atoms with Crippen molar-refractivity contribution in [1.29, 1.82) is 0 Å². The Morgan fingerprint density at radius 1 is 1.00 bits per heavy atom. The summed E-state index contributed by atoms with van der Waals surface area (Å²) in [4.78, 5) is 0. The Kier molecular flexibility index (Phi) is 4.54. The van der Waals surface area contributed by atoms with E-state index >= 15 is 0 Å². The summed E-state index contributed by atoms with van der Waals surface area (Å²) in [5.74, 6) is -0.210. The van der Waals surface area contributed by atoms with E-state index < -0.39 is 0 Å². The Balaban J connectivity index is 1.88. The molecule has 0 fully saturated rings. The van der Waals surface area contributed by atoms with E-state index in [1.54, 1.807) is 6.07 Å². The molecule has 0 aliphatic rings. The highest BCUT2D eigenvalue weighted by Crippen LogP contribution is 2.24. The van der Waals surface area contributed by atoms with Crippen molar-refractivity contribution in [1.82, 2.24) is 4.57 Å². The van der Waals surface area contributed by atoms with Crippen LogP contribution in [0.1, 0.15) is 17.5 Å². The molecule has 2 aromatic carbocycles. The molecule has 114 valence electrons. The maximum Gasteiger partial charge on any atom is 0.123 e. The molecule has 0 saturated carbocycles. The van der Waals surface area contributed by atoms with Gasteiger partial charge in [-0.3, -0.25) is 0 Å². The van der Waals surface area contributed by atoms with Crippen LogP contribution in [-0.2, 0) is 19.4 Å². The van der Waals surface area contributed by atoms with E-state index in [1.165, 1.54) is 11.6 Å². The van der Waals surface area contributed by atoms with Crippen LogP contribution in [0.15, 0.2) is 54.7 Å². The van der Waals surface area contributed by atoms with Gasteiger partial charge in [-0.25, -0.2) is 4.39 Å². The molecule has 0 spiro atoms. The zero-order valence-corrected chi connectivity index (χ0v) is 12.5.